The fourth-order valence-corrected chi connectivity index (χ4v) is 7.95. The number of imidazole rings is 1. The Labute approximate surface area is 238 Å². The second kappa shape index (κ2) is 10.3. The number of methoxy groups -OCH3 is 1. The van der Waals surface area contributed by atoms with E-state index in [2.05, 4.69) is 20.0 Å². The van der Waals surface area contributed by atoms with E-state index in [4.69, 9.17) is 47.7 Å². The molecule has 4 N–H and O–H groups in total. The van der Waals surface area contributed by atoms with Crippen molar-refractivity contribution in [2.75, 3.05) is 37.7 Å². The summed E-state index contributed by atoms with van der Waals surface area (Å²) in [6.45, 7) is -2.12. The molecule has 2 aromatic heterocycles. The van der Waals surface area contributed by atoms with E-state index in [1.807, 2.05) is 0 Å². The molecule has 3 aromatic rings. The number of halogens is 2. The van der Waals surface area contributed by atoms with Gasteiger partial charge in [0.25, 0.3) is 0 Å². The number of carbonyl (C=O) groups excluding carboxylic acids is 1. The van der Waals surface area contributed by atoms with Crippen LogP contribution in [0.4, 0.5) is 16.2 Å². The molecule has 13 nitrogen and oxygen atoms in total. The van der Waals surface area contributed by atoms with Gasteiger partial charge in [-0.2, -0.15) is 9.97 Å². The van der Waals surface area contributed by atoms with Crippen LogP contribution in [0, 0.1) is 0 Å². The van der Waals surface area contributed by atoms with Gasteiger partial charge in [-0.15, -0.1) is 11.6 Å². The molecule has 5 rings (SSSR count). The first kappa shape index (κ1) is 28.9. The molecule has 0 amide bonds. The zero-order chi connectivity index (χ0) is 29.0. The van der Waals surface area contributed by atoms with Gasteiger partial charge in [0.15, 0.2) is 35.0 Å². The summed E-state index contributed by atoms with van der Waals surface area (Å²) in [5, 5.41) is 14.4. The summed E-state index contributed by atoms with van der Waals surface area (Å²) in [4.78, 5) is 26.5. The lowest BCUT2D eigenvalue weighted by Crippen LogP contribution is -2.37. The Hall–Kier alpha value is -2.65. The molecule has 1 saturated heterocycles. The van der Waals surface area contributed by atoms with Crippen molar-refractivity contribution in [1.29, 1.82) is 0 Å². The van der Waals surface area contributed by atoms with E-state index in [1.165, 1.54) is 24.9 Å². The predicted molar refractivity (Wildman–Crippen MR) is 148 cm³/mol. The van der Waals surface area contributed by atoms with Crippen molar-refractivity contribution >= 4 is 58.9 Å². The maximum atomic E-state index is 16.2. The average Bonchev–Trinajstić information content (AvgIpc) is 3.16. The smallest absolute Gasteiger partial charge is 0.323 e. The summed E-state index contributed by atoms with van der Waals surface area (Å²) in [6, 6.07) is 7.55. The molecule has 7 atom stereocenters. The van der Waals surface area contributed by atoms with Gasteiger partial charge in [0.2, 0.25) is 5.95 Å². The fourth-order valence-electron chi connectivity index (χ4n) is 4.80. The number of aliphatic hydroxyl groups is 1. The Morgan fingerprint density at radius 3 is 2.70 bits per heavy atom. The number of nitrogens with one attached hydrogen (secondary N) is 1. The van der Waals surface area contributed by atoms with Crippen LogP contribution in [0.5, 0.6) is 5.75 Å². The number of nitrogen functional groups attached to an aromatic ring is 1. The minimum Gasteiger partial charge on any atom is -0.468 e. The van der Waals surface area contributed by atoms with Crippen molar-refractivity contribution in [3.63, 3.8) is 0 Å². The van der Waals surface area contributed by atoms with E-state index in [-0.39, 0.29) is 17.5 Å². The normalized spacial score (nSPS) is 29.4. The molecule has 1 aliphatic heterocycles. The number of anilines is 2. The SMILES string of the molecule is COC(=O)[C@@H](C)N[P@@](=S)(Oc1ccccc1)OC1[C@@]2(CCl)O[C@@H](n3cnc4c(N(C)C)nc(N)nc43)[C@@H](F)[C@@]12O. The third kappa shape index (κ3) is 4.49. The molecule has 0 spiro atoms. The topological polar surface area (TPSA) is 159 Å². The molecular formula is C23H28ClFN7O6PS. The number of fused-ring (bicyclic) bond motifs is 2. The van der Waals surface area contributed by atoms with Gasteiger partial charge < -0.3 is 29.7 Å². The molecule has 216 valence electrons. The highest BCUT2D eigenvalue weighted by Gasteiger charge is 2.89. The number of nitrogens with two attached hydrogens (primary N) is 1. The van der Waals surface area contributed by atoms with Gasteiger partial charge in [0.05, 0.1) is 19.3 Å². The van der Waals surface area contributed by atoms with Gasteiger partial charge in [0.1, 0.15) is 23.5 Å². The minimum absolute atomic E-state index is 0.0481. The lowest BCUT2D eigenvalue weighted by atomic mass is 10.1. The third-order valence-corrected chi connectivity index (χ3v) is 9.69. The monoisotopic (exact) mass is 615 g/mol. The Morgan fingerprint density at radius 1 is 1.40 bits per heavy atom. The Morgan fingerprint density at radius 2 is 2.10 bits per heavy atom. The number of hydrogen-bond donors (Lipinski definition) is 3. The van der Waals surface area contributed by atoms with Crippen molar-refractivity contribution < 1.29 is 32.8 Å². The molecule has 1 saturated carbocycles. The molecule has 2 fully saturated rings. The average molecular weight is 616 g/mol. The lowest BCUT2D eigenvalue weighted by molar-refractivity contribution is -0.142. The van der Waals surface area contributed by atoms with E-state index < -0.39 is 48.4 Å². The summed E-state index contributed by atoms with van der Waals surface area (Å²) >= 11 is 12.0. The van der Waals surface area contributed by atoms with Crippen LogP contribution in [-0.2, 0) is 30.6 Å². The first-order chi connectivity index (χ1) is 18.9. The summed E-state index contributed by atoms with van der Waals surface area (Å²) in [5.74, 6) is -0.251. The van der Waals surface area contributed by atoms with Crippen LogP contribution in [0.2, 0.25) is 0 Å². The molecule has 0 bridgehead atoms. The standard InChI is InChI=1S/C23H28ClFN7O6PS/c1-12(19(33)35-4)30-39(40,37-13-8-6-5-7-9-13)38-20-22(10-24)23(20,34)15(25)18(36-22)32-11-27-14-16(31(2)3)28-21(26)29-17(14)32/h5-9,11-12,15,18,20,34H,10H2,1-4H3,(H,30,40)(H2,26,28,29)/t12-,15-,18-,20?,22-,23-,39-/m1/s1. The van der Waals surface area contributed by atoms with Crippen molar-refractivity contribution in [1.82, 2.24) is 24.6 Å². The van der Waals surface area contributed by atoms with Crippen molar-refractivity contribution in [3.05, 3.63) is 36.7 Å². The van der Waals surface area contributed by atoms with Crippen LogP contribution in [0.25, 0.3) is 11.2 Å². The highest BCUT2D eigenvalue weighted by atomic mass is 35.5. The number of esters is 1. The number of ether oxygens (including phenoxy) is 2. The van der Waals surface area contributed by atoms with Crippen LogP contribution in [0.3, 0.4) is 0 Å². The van der Waals surface area contributed by atoms with Gasteiger partial charge in [-0.3, -0.25) is 13.9 Å². The highest BCUT2D eigenvalue weighted by Crippen LogP contribution is 2.69. The Kier molecular flexibility index (Phi) is 7.45. The summed E-state index contributed by atoms with van der Waals surface area (Å²) < 4.78 is 40.4. The number of benzene rings is 1. The van der Waals surface area contributed by atoms with Crippen LogP contribution >= 0.6 is 18.2 Å². The van der Waals surface area contributed by atoms with Crippen molar-refractivity contribution in [2.24, 2.45) is 0 Å². The quantitative estimate of drug-likeness (QED) is 0.173. The number of alkyl halides is 2. The molecule has 1 aromatic carbocycles. The van der Waals surface area contributed by atoms with E-state index in [0.29, 0.717) is 17.1 Å². The fraction of sp³-hybridized carbons (Fsp3) is 0.478. The Balaban J connectivity index is 1.46. The molecule has 3 heterocycles. The Bertz CT molecular complexity index is 1480. The van der Waals surface area contributed by atoms with Gasteiger partial charge in [0, 0.05) is 14.1 Å². The molecule has 17 heteroatoms. The van der Waals surface area contributed by atoms with Crippen LogP contribution in [0.1, 0.15) is 13.2 Å². The number of rotatable bonds is 10. The van der Waals surface area contributed by atoms with Crippen LogP contribution < -0.4 is 20.2 Å². The molecule has 0 radical (unpaired) electrons. The van der Waals surface area contributed by atoms with Crippen molar-refractivity contribution in [3.8, 4) is 5.75 Å². The summed E-state index contributed by atoms with van der Waals surface area (Å²) in [7, 11) is 4.73. The number of nitrogens with zero attached hydrogens (tertiary/aromatic N) is 5. The number of para-hydroxylation sites is 1. The molecule has 40 heavy (non-hydrogen) atoms. The number of hydrogen-bond acceptors (Lipinski definition) is 12. The van der Waals surface area contributed by atoms with E-state index in [9.17, 15) is 9.90 Å². The predicted octanol–water partition coefficient (Wildman–Crippen LogP) is 1.90. The lowest BCUT2D eigenvalue weighted by Gasteiger charge is -2.29. The molecule has 1 unspecified atom stereocenters. The molecule has 2 aliphatic rings. The minimum atomic E-state index is -3.62. The molecular weight excluding hydrogens is 588 g/mol. The maximum absolute atomic E-state index is 16.2. The molecule has 1 aliphatic carbocycles. The summed E-state index contributed by atoms with van der Waals surface area (Å²) in [6.07, 6.45) is -3.42. The maximum Gasteiger partial charge on any atom is 0.323 e. The van der Waals surface area contributed by atoms with Gasteiger partial charge in [-0.1, -0.05) is 18.2 Å². The van der Waals surface area contributed by atoms with E-state index >= 15 is 4.39 Å². The highest BCUT2D eigenvalue weighted by molar-refractivity contribution is 8.09. The van der Waals surface area contributed by atoms with Gasteiger partial charge >= 0.3 is 12.6 Å². The summed E-state index contributed by atoms with van der Waals surface area (Å²) in [5.41, 5.74) is 2.56. The number of carbonyl (C=O) groups is 1. The van der Waals surface area contributed by atoms with Gasteiger partial charge in [-0.05, 0) is 30.9 Å². The zero-order valence-electron chi connectivity index (χ0n) is 21.9. The van der Waals surface area contributed by atoms with Crippen LogP contribution in [-0.4, -0.2) is 87.2 Å². The number of aromatic nitrogens is 4. The van der Waals surface area contributed by atoms with Gasteiger partial charge in [-0.25, -0.2) is 14.5 Å². The van der Waals surface area contributed by atoms with Crippen LogP contribution in [0.15, 0.2) is 36.7 Å². The second-order valence-corrected chi connectivity index (χ2v) is 13.0. The van der Waals surface area contributed by atoms with E-state index in [0.717, 1.165) is 0 Å². The zero-order valence-corrected chi connectivity index (χ0v) is 24.4. The largest absolute Gasteiger partial charge is 0.468 e. The first-order valence-electron chi connectivity index (χ1n) is 12.1. The first-order valence-corrected chi connectivity index (χ1v) is 15.2. The van der Waals surface area contributed by atoms with E-state index in [1.54, 1.807) is 49.3 Å². The van der Waals surface area contributed by atoms with Crippen molar-refractivity contribution in [2.45, 2.75) is 42.7 Å². The third-order valence-electron chi connectivity index (χ3n) is 6.86. The second-order valence-electron chi connectivity index (χ2n) is 9.64.